The van der Waals surface area contributed by atoms with Gasteiger partial charge in [0.15, 0.2) is 0 Å². The summed E-state index contributed by atoms with van der Waals surface area (Å²) in [5.41, 5.74) is 3.19. The molecule has 1 atom stereocenters. The van der Waals surface area contributed by atoms with E-state index in [4.69, 9.17) is 15.2 Å². The maximum atomic E-state index is 15.0. The number of nitriles is 1. The zero-order valence-corrected chi connectivity index (χ0v) is 17.5. The molecule has 7 heteroatoms. The maximum absolute atomic E-state index is 15.0. The Hall–Kier alpha value is -2.98. The Morgan fingerprint density at radius 1 is 1.37 bits per heavy atom. The first kappa shape index (κ1) is 20.3. The fraction of sp³-hybridized carbons (Fsp3) is 0.435. The smallest absolute Gasteiger partial charge is 0.135 e. The van der Waals surface area contributed by atoms with Gasteiger partial charge in [-0.05, 0) is 37.5 Å². The third-order valence-corrected chi connectivity index (χ3v) is 5.78. The number of hydrogen-bond donors (Lipinski definition) is 2. The number of allylic oxidation sites excluding steroid dienone is 1. The summed E-state index contributed by atoms with van der Waals surface area (Å²) < 4.78 is 15.0. The minimum absolute atomic E-state index is 0.168. The first-order chi connectivity index (χ1) is 14.6. The predicted octanol–water partition coefficient (Wildman–Crippen LogP) is 3.87. The molecule has 2 aromatic rings. The van der Waals surface area contributed by atoms with Crippen molar-refractivity contribution in [3.63, 3.8) is 0 Å². The number of imidazole rings is 1. The van der Waals surface area contributed by atoms with Crippen molar-refractivity contribution in [3.05, 3.63) is 53.4 Å². The Kier molecular flexibility index (Phi) is 5.96. The first-order valence-electron chi connectivity index (χ1n) is 10.5. The normalized spacial score (nSPS) is 19.2. The Labute approximate surface area is 176 Å². The summed E-state index contributed by atoms with van der Waals surface area (Å²) in [5.74, 6) is 1.06. The van der Waals surface area contributed by atoms with Crippen LogP contribution in [0.5, 0.6) is 0 Å². The largest absolute Gasteiger partial charge is 0.377 e. The van der Waals surface area contributed by atoms with Crippen LogP contribution in [0.4, 0.5) is 4.39 Å². The second kappa shape index (κ2) is 8.80. The van der Waals surface area contributed by atoms with Crippen LogP contribution in [-0.4, -0.2) is 46.9 Å². The third-order valence-electron chi connectivity index (χ3n) is 5.78. The van der Waals surface area contributed by atoms with E-state index in [2.05, 4.69) is 21.3 Å². The summed E-state index contributed by atoms with van der Waals surface area (Å²) in [6.45, 7) is 3.02. The van der Waals surface area contributed by atoms with Gasteiger partial charge in [0.05, 0.1) is 24.0 Å². The number of H-pyrrole nitrogens is 1. The number of aromatic nitrogens is 2. The molecular formula is C23H27FN6. The number of aliphatic imine (C=N–C) groups is 1. The molecule has 1 unspecified atom stereocenters. The topological polar surface area (TPSA) is 80.1 Å². The molecule has 0 radical (unpaired) electrons. The van der Waals surface area contributed by atoms with Crippen molar-refractivity contribution in [2.75, 3.05) is 20.1 Å². The lowest BCUT2D eigenvalue weighted by atomic mass is 9.85. The lowest BCUT2D eigenvalue weighted by Gasteiger charge is -2.22. The molecule has 0 saturated heterocycles. The third kappa shape index (κ3) is 4.14. The summed E-state index contributed by atoms with van der Waals surface area (Å²) in [5, 5.41) is 12.2. The van der Waals surface area contributed by atoms with E-state index in [1.807, 2.05) is 25.4 Å². The first-order valence-corrected chi connectivity index (χ1v) is 10.5. The van der Waals surface area contributed by atoms with Crippen LogP contribution in [0, 0.1) is 24.1 Å². The van der Waals surface area contributed by atoms with E-state index < -0.39 is 0 Å². The molecule has 0 spiro atoms. The van der Waals surface area contributed by atoms with E-state index in [-0.39, 0.29) is 12.0 Å². The van der Waals surface area contributed by atoms with Gasteiger partial charge in [0.1, 0.15) is 23.5 Å². The molecule has 0 amide bonds. The van der Waals surface area contributed by atoms with E-state index >= 15 is 4.39 Å². The van der Waals surface area contributed by atoms with Crippen LogP contribution in [-0.2, 0) is 0 Å². The molecule has 1 aliphatic carbocycles. The van der Waals surface area contributed by atoms with Gasteiger partial charge in [-0.15, -0.1) is 0 Å². The van der Waals surface area contributed by atoms with Gasteiger partial charge in [-0.25, -0.2) is 9.37 Å². The van der Waals surface area contributed by atoms with E-state index in [0.717, 1.165) is 30.1 Å². The SMILES string of the molecule is Cc1cccc(-c2nc(C3CCC3)[nH]c2C2=NC(NCCC#N)CN(C)C=C2)c1F. The van der Waals surface area contributed by atoms with Gasteiger partial charge < -0.3 is 9.88 Å². The average molecular weight is 407 g/mol. The monoisotopic (exact) mass is 406 g/mol. The highest BCUT2D eigenvalue weighted by Gasteiger charge is 2.27. The molecule has 2 heterocycles. The number of nitrogens with one attached hydrogen (secondary N) is 2. The molecule has 2 aliphatic rings. The van der Waals surface area contributed by atoms with Gasteiger partial charge in [0.2, 0.25) is 0 Å². The molecule has 1 saturated carbocycles. The summed E-state index contributed by atoms with van der Waals surface area (Å²) in [7, 11) is 1.99. The molecule has 4 rings (SSSR count). The Bertz CT molecular complexity index is 1010. The highest BCUT2D eigenvalue weighted by Crippen LogP contribution is 2.37. The van der Waals surface area contributed by atoms with Crippen molar-refractivity contribution >= 4 is 5.71 Å². The quantitative estimate of drug-likeness (QED) is 0.714. The number of likely N-dealkylation sites (N-methyl/N-ethyl adjacent to an activating group) is 1. The number of rotatable bonds is 6. The summed E-state index contributed by atoms with van der Waals surface area (Å²) in [4.78, 5) is 15.3. The van der Waals surface area contributed by atoms with Gasteiger partial charge >= 0.3 is 0 Å². The molecule has 1 aliphatic heterocycles. The number of halogens is 1. The molecule has 6 nitrogen and oxygen atoms in total. The van der Waals surface area contributed by atoms with Crippen LogP contribution >= 0.6 is 0 Å². The van der Waals surface area contributed by atoms with E-state index in [1.165, 1.54) is 6.42 Å². The van der Waals surface area contributed by atoms with E-state index in [9.17, 15) is 0 Å². The average Bonchev–Trinajstić information content (AvgIpc) is 3.00. The van der Waals surface area contributed by atoms with Crippen molar-refractivity contribution in [2.45, 2.75) is 44.7 Å². The van der Waals surface area contributed by atoms with Crippen LogP contribution in [0.1, 0.15) is 48.7 Å². The minimum Gasteiger partial charge on any atom is -0.377 e. The Morgan fingerprint density at radius 2 is 2.20 bits per heavy atom. The number of benzene rings is 1. The summed E-state index contributed by atoms with van der Waals surface area (Å²) >= 11 is 0. The van der Waals surface area contributed by atoms with Gasteiger partial charge in [-0.2, -0.15) is 5.26 Å². The lowest BCUT2D eigenvalue weighted by molar-refractivity contribution is 0.379. The van der Waals surface area contributed by atoms with Crippen molar-refractivity contribution in [1.29, 1.82) is 5.26 Å². The molecular weight excluding hydrogens is 379 g/mol. The Balaban J connectivity index is 1.77. The minimum atomic E-state index is -0.246. The maximum Gasteiger partial charge on any atom is 0.135 e. The van der Waals surface area contributed by atoms with E-state index in [0.29, 0.717) is 42.2 Å². The zero-order chi connectivity index (χ0) is 21.1. The molecule has 0 bridgehead atoms. The van der Waals surface area contributed by atoms with Crippen molar-refractivity contribution < 1.29 is 4.39 Å². The second-order valence-electron chi connectivity index (χ2n) is 8.06. The zero-order valence-electron chi connectivity index (χ0n) is 17.5. The molecule has 1 aromatic carbocycles. The van der Waals surface area contributed by atoms with E-state index in [1.54, 1.807) is 19.1 Å². The molecule has 2 N–H and O–H groups in total. The fourth-order valence-corrected chi connectivity index (χ4v) is 3.81. The highest BCUT2D eigenvalue weighted by molar-refractivity contribution is 6.11. The van der Waals surface area contributed by atoms with Crippen LogP contribution in [0.2, 0.25) is 0 Å². The molecule has 30 heavy (non-hydrogen) atoms. The van der Waals surface area contributed by atoms with Crippen LogP contribution in [0.3, 0.4) is 0 Å². The van der Waals surface area contributed by atoms with Gasteiger partial charge in [-0.1, -0.05) is 18.6 Å². The summed E-state index contributed by atoms with van der Waals surface area (Å²) in [6, 6.07) is 7.56. The highest BCUT2D eigenvalue weighted by atomic mass is 19.1. The van der Waals surface area contributed by atoms with Crippen LogP contribution in [0.25, 0.3) is 11.3 Å². The van der Waals surface area contributed by atoms with Gasteiger partial charge in [-0.3, -0.25) is 10.3 Å². The van der Waals surface area contributed by atoms with Crippen molar-refractivity contribution in [1.82, 2.24) is 20.2 Å². The molecule has 1 fully saturated rings. The number of aromatic amines is 1. The second-order valence-corrected chi connectivity index (χ2v) is 8.06. The number of nitrogens with zero attached hydrogens (tertiary/aromatic N) is 4. The van der Waals surface area contributed by atoms with Crippen molar-refractivity contribution in [3.8, 4) is 17.3 Å². The number of aryl methyl sites for hydroxylation is 1. The van der Waals surface area contributed by atoms with Crippen LogP contribution < -0.4 is 5.32 Å². The standard InChI is InChI=1S/C23H27FN6/c1-15-6-3-9-17(20(15)24)21-22(29-23(28-21)16-7-4-8-16)18-10-13-30(2)14-19(27-18)26-12-5-11-25/h3,6,9-10,13,16,19,26H,4-5,7-8,12,14H2,1-2H3,(H,28,29). The summed E-state index contributed by atoms with van der Waals surface area (Å²) in [6.07, 6.45) is 7.59. The van der Waals surface area contributed by atoms with Crippen LogP contribution in [0.15, 0.2) is 35.5 Å². The number of hydrogen-bond acceptors (Lipinski definition) is 5. The van der Waals surface area contributed by atoms with Gasteiger partial charge in [0, 0.05) is 37.7 Å². The fourth-order valence-electron chi connectivity index (χ4n) is 3.81. The molecule has 156 valence electrons. The molecule has 1 aromatic heterocycles. The Morgan fingerprint density at radius 3 is 2.93 bits per heavy atom. The van der Waals surface area contributed by atoms with Gasteiger partial charge in [0.25, 0.3) is 0 Å². The lowest BCUT2D eigenvalue weighted by Crippen LogP contribution is -2.36. The van der Waals surface area contributed by atoms with Crippen molar-refractivity contribution in [2.24, 2.45) is 4.99 Å². The predicted molar refractivity (Wildman–Crippen MR) is 116 cm³/mol.